The average molecular weight is 171 g/mol. The van der Waals surface area contributed by atoms with Crippen LogP contribution >= 0.6 is 0 Å². The van der Waals surface area contributed by atoms with Gasteiger partial charge in [-0.15, -0.1) is 0 Å². The lowest BCUT2D eigenvalue weighted by Gasteiger charge is -2.24. The molecule has 1 rings (SSSR count). The van der Waals surface area contributed by atoms with Crippen LogP contribution in [-0.2, 0) is 4.74 Å². The van der Waals surface area contributed by atoms with Gasteiger partial charge in [-0.05, 0) is 34.1 Å². The fourth-order valence-corrected chi connectivity index (χ4v) is 1.55. The first kappa shape index (κ1) is 10.0. The molecule has 1 fully saturated rings. The van der Waals surface area contributed by atoms with Crippen molar-refractivity contribution in [3.63, 3.8) is 0 Å². The maximum atomic E-state index is 5.73. The second-order valence-electron chi connectivity index (χ2n) is 4.49. The summed E-state index contributed by atoms with van der Waals surface area (Å²) in [7, 11) is 0. The fraction of sp³-hybridized carbons (Fsp3) is 1.00. The van der Waals surface area contributed by atoms with Crippen LogP contribution < -0.4 is 0 Å². The van der Waals surface area contributed by atoms with E-state index in [1.807, 2.05) is 0 Å². The molecule has 0 atom stereocenters. The van der Waals surface area contributed by atoms with E-state index in [0.717, 1.165) is 19.6 Å². The van der Waals surface area contributed by atoms with E-state index in [0.29, 0.717) is 6.04 Å². The third kappa shape index (κ3) is 2.76. The summed E-state index contributed by atoms with van der Waals surface area (Å²) in [4.78, 5) is 2.48. The molecule has 0 aromatic carbocycles. The van der Waals surface area contributed by atoms with Gasteiger partial charge in [-0.2, -0.15) is 0 Å². The van der Waals surface area contributed by atoms with Crippen LogP contribution in [0.4, 0.5) is 0 Å². The second kappa shape index (κ2) is 3.75. The Labute approximate surface area is 75.9 Å². The smallest absolute Gasteiger partial charge is 0.0639 e. The highest BCUT2D eigenvalue weighted by Crippen LogP contribution is 2.19. The number of ether oxygens (including phenoxy) is 1. The second-order valence-corrected chi connectivity index (χ2v) is 4.49. The largest absolute Gasteiger partial charge is 0.374 e. The normalized spacial score (nSPS) is 25.8. The van der Waals surface area contributed by atoms with Crippen molar-refractivity contribution in [2.24, 2.45) is 0 Å². The number of rotatable bonds is 1. The van der Waals surface area contributed by atoms with Crippen LogP contribution in [0, 0.1) is 0 Å². The predicted molar refractivity (Wildman–Crippen MR) is 51.4 cm³/mol. The van der Waals surface area contributed by atoms with Crippen molar-refractivity contribution in [2.75, 3.05) is 19.7 Å². The summed E-state index contributed by atoms with van der Waals surface area (Å²) in [5, 5.41) is 0. The molecule has 1 aliphatic heterocycles. The van der Waals surface area contributed by atoms with Crippen molar-refractivity contribution < 1.29 is 4.74 Å². The zero-order chi connectivity index (χ0) is 9.19. The molecule has 0 aromatic rings. The Hall–Kier alpha value is -0.0800. The molecule has 0 bridgehead atoms. The molecule has 72 valence electrons. The first-order valence-corrected chi connectivity index (χ1v) is 4.89. The molecule has 1 saturated heterocycles. The van der Waals surface area contributed by atoms with Gasteiger partial charge in [-0.1, -0.05) is 0 Å². The van der Waals surface area contributed by atoms with E-state index in [-0.39, 0.29) is 5.60 Å². The van der Waals surface area contributed by atoms with Crippen molar-refractivity contribution in [1.29, 1.82) is 0 Å². The molecule has 0 amide bonds. The van der Waals surface area contributed by atoms with Crippen molar-refractivity contribution in [3.05, 3.63) is 0 Å². The molecule has 1 aliphatic rings. The van der Waals surface area contributed by atoms with Gasteiger partial charge in [-0.3, -0.25) is 4.90 Å². The molecule has 0 radical (unpaired) electrons. The van der Waals surface area contributed by atoms with E-state index < -0.39 is 0 Å². The topological polar surface area (TPSA) is 12.5 Å². The maximum absolute atomic E-state index is 5.73. The van der Waals surface area contributed by atoms with E-state index >= 15 is 0 Å². The highest BCUT2D eigenvalue weighted by atomic mass is 16.5. The summed E-state index contributed by atoms with van der Waals surface area (Å²) in [6, 6.07) is 0.655. The summed E-state index contributed by atoms with van der Waals surface area (Å²) in [6.45, 7) is 12.0. The van der Waals surface area contributed by atoms with Crippen molar-refractivity contribution in [1.82, 2.24) is 4.90 Å². The van der Waals surface area contributed by atoms with Crippen LogP contribution in [0.5, 0.6) is 0 Å². The van der Waals surface area contributed by atoms with Gasteiger partial charge in [0.05, 0.1) is 12.2 Å². The Morgan fingerprint density at radius 2 is 1.92 bits per heavy atom. The molecule has 12 heavy (non-hydrogen) atoms. The third-order valence-corrected chi connectivity index (χ3v) is 2.60. The molecule has 0 saturated carbocycles. The molecule has 0 unspecified atom stereocenters. The van der Waals surface area contributed by atoms with Crippen LogP contribution in [0.2, 0.25) is 0 Å². The molecular formula is C10H21NO. The van der Waals surface area contributed by atoms with Crippen molar-refractivity contribution in [3.8, 4) is 0 Å². The highest BCUT2D eigenvalue weighted by Gasteiger charge is 2.24. The first-order valence-electron chi connectivity index (χ1n) is 4.89. The Balaban J connectivity index is 2.45. The SMILES string of the molecule is CC(C)N1CCOC(C)(C)CC1. The van der Waals surface area contributed by atoms with E-state index in [2.05, 4.69) is 32.6 Å². The van der Waals surface area contributed by atoms with E-state index in [1.54, 1.807) is 0 Å². The standard InChI is InChI=1S/C10H21NO/c1-9(2)11-6-5-10(3,4)12-8-7-11/h9H,5-8H2,1-4H3. The first-order chi connectivity index (χ1) is 5.51. The van der Waals surface area contributed by atoms with Crippen LogP contribution in [0.3, 0.4) is 0 Å². The molecular weight excluding hydrogens is 150 g/mol. The quantitative estimate of drug-likeness (QED) is 0.597. The predicted octanol–water partition coefficient (Wildman–Crippen LogP) is 1.90. The van der Waals surface area contributed by atoms with Gasteiger partial charge in [0.25, 0.3) is 0 Å². The van der Waals surface area contributed by atoms with Gasteiger partial charge in [0, 0.05) is 19.1 Å². The lowest BCUT2D eigenvalue weighted by Crippen LogP contribution is -2.33. The Kier molecular flexibility index (Phi) is 3.13. The maximum Gasteiger partial charge on any atom is 0.0639 e. The highest BCUT2D eigenvalue weighted by molar-refractivity contribution is 4.76. The molecule has 0 aliphatic carbocycles. The van der Waals surface area contributed by atoms with Crippen molar-refractivity contribution >= 4 is 0 Å². The van der Waals surface area contributed by atoms with E-state index in [4.69, 9.17) is 4.74 Å². The minimum absolute atomic E-state index is 0.0869. The summed E-state index contributed by atoms with van der Waals surface area (Å²) >= 11 is 0. The monoisotopic (exact) mass is 171 g/mol. The van der Waals surface area contributed by atoms with E-state index in [1.165, 1.54) is 6.54 Å². The minimum Gasteiger partial charge on any atom is -0.374 e. The number of nitrogens with zero attached hydrogens (tertiary/aromatic N) is 1. The van der Waals surface area contributed by atoms with Gasteiger partial charge in [0.1, 0.15) is 0 Å². The van der Waals surface area contributed by atoms with Crippen LogP contribution in [-0.4, -0.2) is 36.2 Å². The number of hydrogen-bond acceptors (Lipinski definition) is 2. The van der Waals surface area contributed by atoms with Gasteiger partial charge in [0.2, 0.25) is 0 Å². The Morgan fingerprint density at radius 3 is 2.50 bits per heavy atom. The lowest BCUT2D eigenvalue weighted by atomic mass is 10.1. The van der Waals surface area contributed by atoms with Crippen molar-refractivity contribution in [2.45, 2.75) is 45.8 Å². The average Bonchev–Trinajstić information content (AvgIpc) is 2.10. The molecule has 2 heteroatoms. The summed E-state index contributed by atoms with van der Waals surface area (Å²) in [5.41, 5.74) is 0.0869. The lowest BCUT2D eigenvalue weighted by molar-refractivity contribution is -0.00880. The van der Waals surface area contributed by atoms with Gasteiger partial charge in [0.15, 0.2) is 0 Å². The Bertz CT molecular complexity index is 143. The molecule has 1 heterocycles. The molecule has 0 spiro atoms. The van der Waals surface area contributed by atoms with Crippen LogP contribution in [0.25, 0.3) is 0 Å². The number of hydrogen-bond donors (Lipinski definition) is 0. The van der Waals surface area contributed by atoms with Gasteiger partial charge >= 0.3 is 0 Å². The summed E-state index contributed by atoms with van der Waals surface area (Å²) < 4.78 is 5.73. The molecule has 0 N–H and O–H groups in total. The molecule has 0 aromatic heterocycles. The van der Waals surface area contributed by atoms with Crippen LogP contribution in [0.15, 0.2) is 0 Å². The third-order valence-electron chi connectivity index (χ3n) is 2.60. The Morgan fingerprint density at radius 1 is 1.25 bits per heavy atom. The molecule has 2 nitrogen and oxygen atoms in total. The van der Waals surface area contributed by atoms with Gasteiger partial charge in [-0.25, -0.2) is 0 Å². The fourth-order valence-electron chi connectivity index (χ4n) is 1.55. The van der Waals surface area contributed by atoms with Crippen LogP contribution in [0.1, 0.15) is 34.1 Å². The zero-order valence-electron chi connectivity index (χ0n) is 8.76. The minimum atomic E-state index is 0.0869. The van der Waals surface area contributed by atoms with E-state index in [9.17, 15) is 0 Å². The summed E-state index contributed by atoms with van der Waals surface area (Å²) in [5.74, 6) is 0. The van der Waals surface area contributed by atoms with Gasteiger partial charge < -0.3 is 4.74 Å². The summed E-state index contributed by atoms with van der Waals surface area (Å²) in [6.07, 6.45) is 1.14. The zero-order valence-corrected chi connectivity index (χ0v) is 8.76.